The van der Waals surface area contributed by atoms with Crippen molar-refractivity contribution in [3.63, 3.8) is 0 Å². The summed E-state index contributed by atoms with van der Waals surface area (Å²) < 4.78 is 12.6. The molecule has 3 N–H and O–H groups in total. The molecular weight excluding hydrogens is 442 g/mol. The molecule has 1 amide bonds. The number of methoxy groups -OCH3 is 2. The molecule has 0 bridgehead atoms. The first kappa shape index (κ1) is 22.2. The van der Waals surface area contributed by atoms with E-state index in [0.717, 1.165) is 11.1 Å². The number of nitrogens with two attached hydrogens (primary N) is 1. The Kier molecular flexibility index (Phi) is 5.49. The van der Waals surface area contributed by atoms with Crippen LogP contribution in [0.3, 0.4) is 0 Å². The third-order valence-corrected chi connectivity index (χ3v) is 6.11. The zero-order valence-electron chi connectivity index (χ0n) is 19.9. The van der Waals surface area contributed by atoms with Crippen molar-refractivity contribution in [1.29, 1.82) is 0 Å². The third kappa shape index (κ3) is 3.78. The summed E-state index contributed by atoms with van der Waals surface area (Å²) in [5, 5.41) is 2.97. The Morgan fingerprint density at radius 1 is 0.886 bits per heavy atom. The van der Waals surface area contributed by atoms with E-state index in [9.17, 15) is 4.79 Å². The molecule has 5 aromatic rings. The highest BCUT2D eigenvalue weighted by Gasteiger charge is 2.25. The molecule has 0 aliphatic carbocycles. The number of hydrogen-bond donors (Lipinski definition) is 2. The van der Waals surface area contributed by atoms with E-state index in [1.54, 1.807) is 30.9 Å². The van der Waals surface area contributed by atoms with Crippen LogP contribution < -0.4 is 20.5 Å². The van der Waals surface area contributed by atoms with Crippen LogP contribution >= 0.6 is 0 Å². The number of carbonyl (C=O) groups is 1. The molecule has 8 nitrogen and oxygen atoms in total. The normalized spacial score (nSPS) is 11.1. The number of benzene rings is 3. The Balaban J connectivity index is 1.73. The van der Waals surface area contributed by atoms with E-state index in [1.165, 1.54) is 0 Å². The summed E-state index contributed by atoms with van der Waals surface area (Å²) in [6.07, 6.45) is 0. The molecule has 8 heteroatoms. The number of aryl methyl sites for hydroxylation is 2. The first-order valence-electron chi connectivity index (χ1n) is 11.1. The van der Waals surface area contributed by atoms with E-state index >= 15 is 0 Å². The zero-order chi connectivity index (χ0) is 24.7. The number of ether oxygens (including phenoxy) is 2. The van der Waals surface area contributed by atoms with Crippen LogP contribution in [0.15, 0.2) is 60.7 Å². The summed E-state index contributed by atoms with van der Waals surface area (Å²) >= 11 is 0. The number of carbonyl (C=O) groups excluding carboxylic acids is 1. The van der Waals surface area contributed by atoms with Gasteiger partial charge in [0.05, 0.1) is 30.9 Å². The average Bonchev–Trinajstić information content (AvgIpc) is 3.14. The lowest BCUT2D eigenvalue weighted by atomic mass is 10.1. The summed E-state index contributed by atoms with van der Waals surface area (Å²) in [5.74, 6) is 0.972. The van der Waals surface area contributed by atoms with Crippen LogP contribution in [0.2, 0.25) is 0 Å². The van der Waals surface area contributed by atoms with Gasteiger partial charge in [0, 0.05) is 11.8 Å². The minimum Gasteiger partial charge on any atom is -0.493 e. The molecule has 0 saturated carbocycles. The van der Waals surface area contributed by atoms with E-state index in [0.29, 0.717) is 45.1 Å². The number of nitrogens with zero attached hydrogens (tertiary/aromatic N) is 3. The second kappa shape index (κ2) is 8.64. The number of aromatic nitrogens is 3. The SMILES string of the molecule is COc1ccc(-n2c(N)c(C(=O)Nc3ccc(C)c(C)c3)c3nc4ccccc4nc32)cc1OC. The fourth-order valence-corrected chi connectivity index (χ4v) is 4.12. The molecule has 0 radical (unpaired) electrons. The van der Waals surface area contributed by atoms with Crippen LogP contribution in [0.25, 0.3) is 27.9 Å². The molecule has 0 spiro atoms. The largest absolute Gasteiger partial charge is 0.493 e. The van der Waals surface area contributed by atoms with Crippen LogP contribution in [0.1, 0.15) is 21.5 Å². The van der Waals surface area contributed by atoms with Gasteiger partial charge in [-0.25, -0.2) is 9.97 Å². The van der Waals surface area contributed by atoms with Gasteiger partial charge < -0.3 is 20.5 Å². The Labute approximate surface area is 202 Å². The van der Waals surface area contributed by atoms with Crippen LogP contribution in [0.5, 0.6) is 11.5 Å². The predicted octanol–water partition coefficient (Wildman–Crippen LogP) is 5.04. The van der Waals surface area contributed by atoms with Crippen LogP contribution in [-0.4, -0.2) is 34.7 Å². The molecule has 2 heterocycles. The Morgan fingerprint density at radius 3 is 2.29 bits per heavy atom. The van der Waals surface area contributed by atoms with E-state index in [1.807, 2.05) is 62.4 Å². The monoisotopic (exact) mass is 467 g/mol. The fourth-order valence-electron chi connectivity index (χ4n) is 4.12. The third-order valence-electron chi connectivity index (χ3n) is 6.11. The Hall–Kier alpha value is -4.59. The Bertz CT molecular complexity index is 1610. The molecule has 0 saturated heterocycles. The molecule has 176 valence electrons. The number of nitrogen functional groups attached to an aromatic ring is 1. The van der Waals surface area contributed by atoms with Crippen molar-refractivity contribution in [1.82, 2.24) is 14.5 Å². The summed E-state index contributed by atoms with van der Waals surface area (Å²) in [7, 11) is 3.14. The van der Waals surface area contributed by atoms with Gasteiger partial charge in [-0.05, 0) is 61.4 Å². The van der Waals surface area contributed by atoms with Crippen molar-refractivity contribution < 1.29 is 14.3 Å². The summed E-state index contributed by atoms with van der Waals surface area (Å²) in [6, 6.07) is 18.7. The van der Waals surface area contributed by atoms with Gasteiger partial charge in [-0.2, -0.15) is 0 Å². The van der Waals surface area contributed by atoms with E-state index < -0.39 is 0 Å². The molecule has 35 heavy (non-hydrogen) atoms. The van der Waals surface area contributed by atoms with Gasteiger partial charge in [0.2, 0.25) is 0 Å². The maximum atomic E-state index is 13.5. The lowest BCUT2D eigenvalue weighted by Gasteiger charge is -2.12. The van der Waals surface area contributed by atoms with E-state index in [2.05, 4.69) is 5.32 Å². The molecule has 0 atom stereocenters. The number of para-hydroxylation sites is 2. The molecule has 2 aromatic heterocycles. The predicted molar refractivity (Wildman–Crippen MR) is 138 cm³/mol. The number of nitrogens with one attached hydrogen (secondary N) is 1. The quantitative estimate of drug-likeness (QED) is 0.375. The fraction of sp³-hybridized carbons (Fsp3) is 0.148. The van der Waals surface area contributed by atoms with Gasteiger partial charge in [-0.3, -0.25) is 9.36 Å². The summed E-state index contributed by atoms with van der Waals surface area (Å²) in [6.45, 7) is 4.02. The number of hydrogen-bond acceptors (Lipinski definition) is 6. The highest BCUT2D eigenvalue weighted by atomic mass is 16.5. The van der Waals surface area contributed by atoms with Gasteiger partial charge in [0.25, 0.3) is 5.91 Å². The molecule has 0 fully saturated rings. The molecule has 0 aliphatic heterocycles. The van der Waals surface area contributed by atoms with Gasteiger partial charge in [0.15, 0.2) is 17.1 Å². The van der Waals surface area contributed by atoms with Crippen molar-refractivity contribution in [2.24, 2.45) is 0 Å². The molecule has 5 rings (SSSR count). The van der Waals surface area contributed by atoms with Crippen molar-refractivity contribution >= 4 is 39.6 Å². The first-order chi connectivity index (χ1) is 16.9. The van der Waals surface area contributed by atoms with E-state index in [-0.39, 0.29) is 17.3 Å². The maximum Gasteiger partial charge on any atom is 0.261 e. The lowest BCUT2D eigenvalue weighted by molar-refractivity contribution is 0.102. The van der Waals surface area contributed by atoms with Crippen molar-refractivity contribution in [3.8, 4) is 17.2 Å². The van der Waals surface area contributed by atoms with Gasteiger partial charge in [-0.1, -0.05) is 18.2 Å². The van der Waals surface area contributed by atoms with E-state index in [4.69, 9.17) is 25.2 Å². The maximum absolute atomic E-state index is 13.5. The Morgan fingerprint density at radius 2 is 1.60 bits per heavy atom. The number of amides is 1. The van der Waals surface area contributed by atoms with Crippen molar-refractivity contribution in [2.45, 2.75) is 13.8 Å². The summed E-state index contributed by atoms with van der Waals surface area (Å²) in [5.41, 5.74) is 12.7. The van der Waals surface area contributed by atoms with Crippen molar-refractivity contribution in [2.75, 3.05) is 25.3 Å². The first-order valence-corrected chi connectivity index (χ1v) is 11.1. The number of fused-ring (bicyclic) bond motifs is 2. The van der Waals surface area contributed by atoms with Crippen molar-refractivity contribution in [3.05, 3.63) is 77.4 Å². The number of rotatable bonds is 5. The highest BCUT2D eigenvalue weighted by Crippen LogP contribution is 2.35. The standard InChI is InChI=1S/C27H25N5O3/c1-15-9-10-17(13-16(15)2)29-27(33)23-24-26(31-20-8-6-5-7-19(20)30-24)32(25(23)28)18-11-12-21(34-3)22(14-18)35-4/h5-14H,28H2,1-4H3,(H,29,33). The smallest absolute Gasteiger partial charge is 0.261 e. The molecular formula is C27H25N5O3. The highest BCUT2D eigenvalue weighted by molar-refractivity contribution is 6.16. The molecule has 0 unspecified atom stereocenters. The van der Waals surface area contributed by atoms with Crippen LogP contribution in [-0.2, 0) is 0 Å². The minimum absolute atomic E-state index is 0.226. The number of anilines is 2. The van der Waals surface area contributed by atoms with Gasteiger partial charge in [-0.15, -0.1) is 0 Å². The van der Waals surface area contributed by atoms with Gasteiger partial charge >= 0.3 is 0 Å². The molecule has 3 aromatic carbocycles. The van der Waals surface area contributed by atoms with Gasteiger partial charge in [0.1, 0.15) is 16.9 Å². The average molecular weight is 468 g/mol. The topological polar surface area (TPSA) is 104 Å². The zero-order valence-corrected chi connectivity index (χ0v) is 19.9. The van der Waals surface area contributed by atoms with Crippen LogP contribution in [0.4, 0.5) is 11.5 Å². The van der Waals surface area contributed by atoms with Crippen LogP contribution in [0, 0.1) is 13.8 Å². The minimum atomic E-state index is -0.362. The lowest BCUT2D eigenvalue weighted by Crippen LogP contribution is -2.14. The molecule has 0 aliphatic rings. The second-order valence-corrected chi connectivity index (χ2v) is 8.27. The second-order valence-electron chi connectivity index (χ2n) is 8.27. The summed E-state index contributed by atoms with van der Waals surface area (Å²) in [4.78, 5) is 23.1.